The first kappa shape index (κ1) is 9.29. The fourth-order valence-electron chi connectivity index (χ4n) is 1.63. The third kappa shape index (κ3) is 1.15. The van der Waals surface area contributed by atoms with E-state index in [1.54, 1.807) is 0 Å². The highest BCUT2D eigenvalue weighted by Crippen LogP contribution is 2.27. The van der Waals surface area contributed by atoms with Gasteiger partial charge in [0.1, 0.15) is 11.8 Å². The lowest BCUT2D eigenvalue weighted by Crippen LogP contribution is -1.90. The van der Waals surface area contributed by atoms with Crippen molar-refractivity contribution >= 4 is 26.8 Å². The fourth-order valence-corrected chi connectivity index (χ4v) is 1.98. The lowest BCUT2D eigenvalue weighted by molar-refractivity contribution is 0.947. The van der Waals surface area contributed by atoms with Gasteiger partial charge >= 0.3 is 0 Å². The van der Waals surface area contributed by atoms with E-state index < -0.39 is 0 Å². The molecular weight excluding hydrogens is 240 g/mol. The Labute approximate surface area is 90.9 Å². The van der Waals surface area contributed by atoms with Crippen LogP contribution in [0.3, 0.4) is 0 Å². The number of hydrogen-bond donors (Lipinski definition) is 0. The van der Waals surface area contributed by atoms with Crippen LogP contribution < -0.4 is 0 Å². The van der Waals surface area contributed by atoms with E-state index in [1.807, 2.05) is 36.7 Å². The number of aryl methyl sites for hydroxylation is 2. The molecule has 1 aromatic heterocycles. The van der Waals surface area contributed by atoms with Crippen LogP contribution in [-0.4, -0.2) is 4.57 Å². The molecule has 0 aliphatic rings. The van der Waals surface area contributed by atoms with Crippen LogP contribution in [0.4, 0.5) is 0 Å². The number of halogens is 1. The van der Waals surface area contributed by atoms with E-state index in [9.17, 15) is 0 Å². The van der Waals surface area contributed by atoms with Crippen molar-refractivity contribution in [3.05, 3.63) is 33.9 Å². The van der Waals surface area contributed by atoms with Gasteiger partial charge < -0.3 is 4.57 Å². The van der Waals surface area contributed by atoms with Gasteiger partial charge in [0, 0.05) is 22.4 Å². The molecule has 1 aromatic carbocycles. The average molecular weight is 249 g/mol. The molecule has 1 heterocycles. The molecule has 0 saturated heterocycles. The maximum Gasteiger partial charge on any atom is 0.121 e. The zero-order valence-electron chi connectivity index (χ0n) is 8.00. The second-order valence-corrected chi connectivity index (χ2v) is 4.16. The number of rotatable bonds is 0. The summed E-state index contributed by atoms with van der Waals surface area (Å²) in [6, 6.07) is 8.14. The molecular formula is C11H9BrN2. The van der Waals surface area contributed by atoms with Gasteiger partial charge in [-0.3, -0.25) is 0 Å². The number of aromatic nitrogens is 1. The molecule has 0 saturated carbocycles. The molecule has 0 spiro atoms. The largest absolute Gasteiger partial charge is 0.335 e. The summed E-state index contributed by atoms with van der Waals surface area (Å²) in [4.78, 5) is 0. The van der Waals surface area contributed by atoms with Crippen LogP contribution in [-0.2, 0) is 7.05 Å². The molecule has 0 aliphatic carbocycles. The van der Waals surface area contributed by atoms with E-state index in [4.69, 9.17) is 5.26 Å². The van der Waals surface area contributed by atoms with Crippen LogP contribution in [0, 0.1) is 18.3 Å². The van der Waals surface area contributed by atoms with Gasteiger partial charge in [0.2, 0.25) is 0 Å². The van der Waals surface area contributed by atoms with Gasteiger partial charge in [0.05, 0.1) is 0 Å². The van der Waals surface area contributed by atoms with Gasteiger partial charge in [-0.05, 0) is 30.7 Å². The summed E-state index contributed by atoms with van der Waals surface area (Å²) in [5.74, 6) is 0. The van der Waals surface area contributed by atoms with Crippen LogP contribution in [0.15, 0.2) is 22.7 Å². The summed E-state index contributed by atoms with van der Waals surface area (Å²) in [5.41, 5.74) is 2.98. The Hall–Kier alpha value is -1.27. The average Bonchev–Trinajstić information content (AvgIpc) is 2.50. The van der Waals surface area contributed by atoms with Crippen LogP contribution >= 0.6 is 15.9 Å². The Morgan fingerprint density at radius 1 is 1.43 bits per heavy atom. The van der Waals surface area contributed by atoms with Crippen LogP contribution in [0.25, 0.3) is 10.9 Å². The lowest BCUT2D eigenvalue weighted by atomic mass is 10.1. The highest BCUT2D eigenvalue weighted by molar-refractivity contribution is 9.10. The molecule has 3 heteroatoms. The Bertz CT molecular complexity index is 546. The minimum absolute atomic E-state index is 0.696. The molecule has 0 amide bonds. The summed E-state index contributed by atoms with van der Waals surface area (Å²) in [5, 5.41) is 10.0. The Morgan fingerprint density at radius 2 is 2.14 bits per heavy atom. The molecule has 14 heavy (non-hydrogen) atoms. The molecule has 0 fully saturated rings. The number of nitriles is 1. The number of hydrogen-bond acceptors (Lipinski definition) is 1. The molecule has 2 nitrogen and oxygen atoms in total. The predicted molar refractivity (Wildman–Crippen MR) is 60.1 cm³/mol. The second kappa shape index (κ2) is 3.14. The minimum Gasteiger partial charge on any atom is -0.335 e. The van der Waals surface area contributed by atoms with Crippen molar-refractivity contribution in [3.63, 3.8) is 0 Å². The molecule has 0 radical (unpaired) electrons. The highest BCUT2D eigenvalue weighted by atomic mass is 79.9. The summed E-state index contributed by atoms with van der Waals surface area (Å²) in [7, 11) is 1.91. The quantitative estimate of drug-likeness (QED) is 0.705. The lowest BCUT2D eigenvalue weighted by Gasteiger charge is -2.01. The zero-order chi connectivity index (χ0) is 10.3. The van der Waals surface area contributed by atoms with Crippen molar-refractivity contribution in [1.82, 2.24) is 4.57 Å². The van der Waals surface area contributed by atoms with Crippen molar-refractivity contribution in [2.24, 2.45) is 7.05 Å². The van der Waals surface area contributed by atoms with Gasteiger partial charge in [-0.25, -0.2) is 0 Å². The first-order chi connectivity index (χ1) is 6.65. The van der Waals surface area contributed by atoms with Crippen molar-refractivity contribution in [2.45, 2.75) is 6.92 Å². The van der Waals surface area contributed by atoms with Gasteiger partial charge in [0.15, 0.2) is 0 Å². The molecule has 2 aromatic rings. The molecule has 2 rings (SSSR count). The van der Waals surface area contributed by atoms with Crippen molar-refractivity contribution < 1.29 is 0 Å². The van der Waals surface area contributed by atoms with Crippen molar-refractivity contribution in [3.8, 4) is 6.07 Å². The molecule has 0 unspecified atom stereocenters. The third-order valence-electron chi connectivity index (χ3n) is 2.54. The Kier molecular flexibility index (Phi) is 2.09. The first-order valence-electron chi connectivity index (χ1n) is 4.30. The monoisotopic (exact) mass is 248 g/mol. The van der Waals surface area contributed by atoms with Gasteiger partial charge in [-0.2, -0.15) is 5.26 Å². The van der Waals surface area contributed by atoms with E-state index in [-0.39, 0.29) is 0 Å². The van der Waals surface area contributed by atoms with Crippen LogP contribution in [0.5, 0.6) is 0 Å². The van der Waals surface area contributed by atoms with E-state index in [0.717, 1.165) is 15.4 Å². The summed E-state index contributed by atoms with van der Waals surface area (Å²) >= 11 is 3.48. The second-order valence-electron chi connectivity index (χ2n) is 3.31. The third-order valence-corrected chi connectivity index (χ3v) is 3.40. The Balaban J connectivity index is 2.94. The maximum absolute atomic E-state index is 8.90. The zero-order valence-corrected chi connectivity index (χ0v) is 9.59. The highest BCUT2D eigenvalue weighted by Gasteiger charge is 2.08. The van der Waals surface area contributed by atoms with Crippen molar-refractivity contribution in [2.75, 3.05) is 0 Å². The standard InChI is InChI=1S/C11H9BrN2/c1-7-9-5-8(6-13)14(2)11(9)4-3-10(7)12/h3-5H,1-2H3. The molecule has 0 bridgehead atoms. The first-order valence-corrected chi connectivity index (χ1v) is 5.09. The fraction of sp³-hybridized carbons (Fsp3) is 0.182. The molecule has 70 valence electrons. The summed E-state index contributed by atoms with van der Waals surface area (Å²) in [6.45, 7) is 2.05. The van der Waals surface area contributed by atoms with E-state index in [2.05, 4.69) is 22.0 Å². The van der Waals surface area contributed by atoms with Crippen molar-refractivity contribution in [1.29, 1.82) is 5.26 Å². The predicted octanol–water partition coefficient (Wildman–Crippen LogP) is 3.12. The number of fused-ring (bicyclic) bond motifs is 1. The molecule has 0 N–H and O–H groups in total. The summed E-state index contributed by atoms with van der Waals surface area (Å²) < 4.78 is 2.99. The van der Waals surface area contributed by atoms with Gasteiger partial charge in [0.25, 0.3) is 0 Å². The number of benzene rings is 1. The van der Waals surface area contributed by atoms with Crippen LogP contribution in [0.2, 0.25) is 0 Å². The van der Waals surface area contributed by atoms with Gasteiger partial charge in [-0.1, -0.05) is 15.9 Å². The van der Waals surface area contributed by atoms with E-state index in [1.165, 1.54) is 5.56 Å². The number of nitrogens with zero attached hydrogens (tertiary/aromatic N) is 2. The SMILES string of the molecule is Cc1c(Br)ccc2c1cc(C#N)n2C. The topological polar surface area (TPSA) is 28.7 Å². The molecule has 0 aliphatic heterocycles. The summed E-state index contributed by atoms with van der Waals surface area (Å²) in [6.07, 6.45) is 0. The normalized spacial score (nSPS) is 10.4. The smallest absolute Gasteiger partial charge is 0.121 e. The van der Waals surface area contributed by atoms with E-state index >= 15 is 0 Å². The minimum atomic E-state index is 0.696. The molecule has 0 atom stereocenters. The van der Waals surface area contributed by atoms with Gasteiger partial charge in [-0.15, -0.1) is 0 Å². The van der Waals surface area contributed by atoms with Crippen LogP contribution in [0.1, 0.15) is 11.3 Å². The maximum atomic E-state index is 8.90. The van der Waals surface area contributed by atoms with E-state index in [0.29, 0.717) is 5.69 Å². The Morgan fingerprint density at radius 3 is 2.79 bits per heavy atom.